The molecule has 31 heavy (non-hydrogen) atoms. The fraction of sp³-hybridized carbons (Fsp3) is 0.227. The van der Waals surface area contributed by atoms with Gasteiger partial charge in [0.05, 0.1) is 28.9 Å². The van der Waals surface area contributed by atoms with Crippen LogP contribution < -0.4 is 10.6 Å². The second-order valence-corrected chi connectivity index (χ2v) is 9.68. The van der Waals surface area contributed by atoms with E-state index in [1.165, 1.54) is 4.68 Å². The number of carbonyl (C=O) groups is 2. The molecule has 3 aromatic rings. The zero-order valence-corrected chi connectivity index (χ0v) is 17.9. The van der Waals surface area contributed by atoms with Gasteiger partial charge in [-0.2, -0.15) is 5.10 Å². The summed E-state index contributed by atoms with van der Waals surface area (Å²) < 4.78 is 25.6. The Balaban J connectivity index is 1.60. The predicted octanol–water partition coefficient (Wildman–Crippen LogP) is 2.43. The van der Waals surface area contributed by atoms with Crippen molar-refractivity contribution < 1.29 is 18.0 Å². The van der Waals surface area contributed by atoms with E-state index in [-0.39, 0.29) is 23.4 Å². The lowest BCUT2D eigenvalue weighted by Gasteiger charge is -2.15. The van der Waals surface area contributed by atoms with Gasteiger partial charge in [0.25, 0.3) is 0 Å². The lowest BCUT2D eigenvalue weighted by atomic mass is 10.1. The molecule has 0 spiro atoms. The molecule has 1 aliphatic rings. The smallest absolute Gasteiger partial charge is 0.314 e. The van der Waals surface area contributed by atoms with E-state index in [1.54, 1.807) is 6.92 Å². The molecule has 0 radical (unpaired) electrons. The van der Waals surface area contributed by atoms with Gasteiger partial charge in [-0.3, -0.25) is 9.59 Å². The number of sulfone groups is 1. The van der Waals surface area contributed by atoms with Crippen LogP contribution in [-0.4, -0.2) is 30.0 Å². The van der Waals surface area contributed by atoms with Gasteiger partial charge in [0.2, 0.25) is 0 Å². The van der Waals surface area contributed by atoms with Crippen molar-refractivity contribution in [3.05, 3.63) is 77.0 Å². The molecule has 2 aromatic carbocycles. The van der Waals surface area contributed by atoms with Crippen LogP contribution in [0.15, 0.2) is 54.6 Å². The lowest BCUT2D eigenvalue weighted by molar-refractivity contribution is -0.136. The number of carbonyl (C=O) groups excluding carboxylic acids is 2. The van der Waals surface area contributed by atoms with Crippen molar-refractivity contribution in [2.24, 2.45) is 0 Å². The monoisotopic (exact) mass is 438 g/mol. The van der Waals surface area contributed by atoms with E-state index in [9.17, 15) is 18.0 Å². The molecule has 0 unspecified atom stereocenters. The zero-order chi connectivity index (χ0) is 22.2. The van der Waals surface area contributed by atoms with E-state index in [0.717, 1.165) is 11.1 Å². The van der Waals surface area contributed by atoms with Gasteiger partial charge in [-0.05, 0) is 31.5 Å². The van der Waals surface area contributed by atoms with Crippen LogP contribution in [0.3, 0.4) is 0 Å². The third kappa shape index (κ3) is 4.36. The summed E-state index contributed by atoms with van der Waals surface area (Å²) in [6, 6.07) is 16.3. The van der Waals surface area contributed by atoms with E-state index in [1.807, 2.05) is 61.5 Å². The van der Waals surface area contributed by atoms with E-state index in [4.69, 9.17) is 0 Å². The van der Waals surface area contributed by atoms with Gasteiger partial charge in [-0.25, -0.2) is 13.1 Å². The molecule has 0 bridgehead atoms. The number of aromatic nitrogens is 2. The molecule has 160 valence electrons. The van der Waals surface area contributed by atoms with Gasteiger partial charge in [0.15, 0.2) is 9.84 Å². The number of hydrogen-bond acceptors (Lipinski definition) is 5. The minimum Gasteiger partial charge on any atom is -0.341 e. The van der Waals surface area contributed by atoms with Crippen molar-refractivity contribution in [3.8, 4) is 5.69 Å². The van der Waals surface area contributed by atoms with Gasteiger partial charge in [-0.1, -0.05) is 48.0 Å². The molecule has 4 rings (SSSR count). The Kier molecular flexibility index (Phi) is 5.36. The van der Waals surface area contributed by atoms with Crippen molar-refractivity contribution in [2.75, 3.05) is 5.32 Å². The zero-order valence-electron chi connectivity index (χ0n) is 17.1. The number of anilines is 1. The number of amides is 2. The third-order valence-electron chi connectivity index (χ3n) is 5.15. The summed E-state index contributed by atoms with van der Waals surface area (Å²) in [6.07, 6.45) is 0. The minimum atomic E-state index is -3.33. The number of fused-ring (bicyclic) bond motifs is 1. The summed E-state index contributed by atoms with van der Waals surface area (Å²) in [5.41, 5.74) is 3.36. The average Bonchev–Trinajstić information content (AvgIpc) is 3.21. The quantitative estimate of drug-likeness (QED) is 0.608. The summed E-state index contributed by atoms with van der Waals surface area (Å²) in [4.78, 5) is 25.2. The Bertz CT molecular complexity index is 1250. The van der Waals surface area contributed by atoms with E-state index in [2.05, 4.69) is 15.7 Å². The fourth-order valence-electron chi connectivity index (χ4n) is 3.50. The average molecular weight is 439 g/mol. The van der Waals surface area contributed by atoms with Crippen molar-refractivity contribution in [2.45, 2.75) is 31.4 Å². The maximum Gasteiger partial charge on any atom is 0.314 e. The highest BCUT2D eigenvalue weighted by molar-refractivity contribution is 7.90. The maximum atomic E-state index is 12.7. The maximum absolute atomic E-state index is 12.7. The summed E-state index contributed by atoms with van der Waals surface area (Å²) >= 11 is 0. The molecule has 9 heteroatoms. The highest BCUT2D eigenvalue weighted by Crippen LogP contribution is 2.33. The highest BCUT2D eigenvalue weighted by atomic mass is 32.2. The standard InChI is InChI=1S/C22H22N4O4S/c1-14-8-10-17(11-9-14)26-20(18-12-31(29,30)13-19(18)25-26)24-22(28)21(27)23-15(2)16-6-4-3-5-7-16/h3-11,15H,12-13H2,1-2H3,(H,23,27)(H,24,28)/t15-/m0/s1. The molecule has 0 aliphatic carbocycles. The van der Waals surface area contributed by atoms with E-state index >= 15 is 0 Å². The molecule has 0 fully saturated rings. The molecule has 2 heterocycles. The Labute approximate surface area is 180 Å². The van der Waals surface area contributed by atoms with Gasteiger partial charge in [-0.15, -0.1) is 0 Å². The van der Waals surface area contributed by atoms with Crippen LogP contribution in [0.4, 0.5) is 5.82 Å². The Morgan fingerprint density at radius 1 is 1.00 bits per heavy atom. The minimum absolute atomic E-state index is 0.193. The molecule has 1 aliphatic heterocycles. The molecule has 0 saturated heterocycles. The Morgan fingerprint density at radius 2 is 1.68 bits per heavy atom. The molecule has 1 atom stereocenters. The number of nitrogens with zero attached hydrogens (tertiary/aromatic N) is 2. The van der Waals surface area contributed by atoms with Crippen LogP contribution in [0, 0.1) is 6.92 Å². The van der Waals surface area contributed by atoms with Crippen molar-refractivity contribution >= 4 is 27.5 Å². The number of nitrogens with one attached hydrogen (secondary N) is 2. The molecular formula is C22H22N4O4S. The second-order valence-electron chi connectivity index (χ2n) is 7.61. The Morgan fingerprint density at radius 3 is 2.35 bits per heavy atom. The van der Waals surface area contributed by atoms with Crippen molar-refractivity contribution in [1.82, 2.24) is 15.1 Å². The summed E-state index contributed by atoms with van der Waals surface area (Å²) in [5, 5.41) is 9.64. The number of aryl methyl sites for hydroxylation is 1. The van der Waals surface area contributed by atoms with Crippen LogP contribution in [-0.2, 0) is 30.9 Å². The normalized spacial score (nSPS) is 15.2. The van der Waals surface area contributed by atoms with Crippen LogP contribution >= 0.6 is 0 Å². The predicted molar refractivity (Wildman–Crippen MR) is 116 cm³/mol. The summed E-state index contributed by atoms with van der Waals surface area (Å²) in [5.74, 6) is -1.93. The highest BCUT2D eigenvalue weighted by Gasteiger charge is 2.34. The molecule has 8 nitrogen and oxygen atoms in total. The van der Waals surface area contributed by atoms with Gasteiger partial charge in [0.1, 0.15) is 5.82 Å². The molecular weight excluding hydrogens is 416 g/mol. The molecule has 0 saturated carbocycles. The van der Waals surface area contributed by atoms with Crippen LogP contribution in [0.25, 0.3) is 5.69 Å². The van der Waals surface area contributed by atoms with Crippen LogP contribution in [0.1, 0.15) is 35.3 Å². The first kappa shape index (κ1) is 20.8. The molecule has 1 aromatic heterocycles. The first-order valence-electron chi connectivity index (χ1n) is 9.78. The third-order valence-corrected chi connectivity index (χ3v) is 6.59. The van der Waals surface area contributed by atoms with Gasteiger partial charge < -0.3 is 10.6 Å². The number of rotatable bonds is 4. The number of benzene rings is 2. The first-order valence-corrected chi connectivity index (χ1v) is 11.6. The Hall–Kier alpha value is -3.46. The summed E-state index contributed by atoms with van der Waals surface area (Å²) in [6.45, 7) is 3.72. The fourth-order valence-corrected chi connectivity index (χ4v) is 4.99. The van der Waals surface area contributed by atoms with E-state index < -0.39 is 21.7 Å². The SMILES string of the molecule is Cc1ccc(-n2nc3c(c2NC(=O)C(=O)N[C@@H](C)c2ccccc2)CS(=O)(=O)C3)cc1. The van der Waals surface area contributed by atoms with Crippen LogP contribution in [0.2, 0.25) is 0 Å². The van der Waals surface area contributed by atoms with E-state index in [0.29, 0.717) is 16.9 Å². The number of hydrogen-bond donors (Lipinski definition) is 2. The topological polar surface area (TPSA) is 110 Å². The van der Waals surface area contributed by atoms with Crippen molar-refractivity contribution in [3.63, 3.8) is 0 Å². The van der Waals surface area contributed by atoms with Gasteiger partial charge >= 0.3 is 11.8 Å². The molecule has 2 amide bonds. The molecule has 2 N–H and O–H groups in total. The largest absolute Gasteiger partial charge is 0.341 e. The van der Waals surface area contributed by atoms with Crippen molar-refractivity contribution in [1.29, 1.82) is 0 Å². The lowest BCUT2D eigenvalue weighted by Crippen LogP contribution is -2.37. The first-order chi connectivity index (χ1) is 14.7. The van der Waals surface area contributed by atoms with Gasteiger partial charge in [0, 0.05) is 5.56 Å². The summed E-state index contributed by atoms with van der Waals surface area (Å²) in [7, 11) is -3.33. The second kappa shape index (κ2) is 7.99. The van der Waals surface area contributed by atoms with Crippen LogP contribution in [0.5, 0.6) is 0 Å².